The fourth-order valence-corrected chi connectivity index (χ4v) is 3.23. The topological polar surface area (TPSA) is 87.5 Å². The number of halogens is 1. The van der Waals surface area contributed by atoms with Gasteiger partial charge in [-0.2, -0.15) is 0 Å². The minimum absolute atomic E-state index is 0. The summed E-state index contributed by atoms with van der Waals surface area (Å²) in [4.78, 5) is 26.9. The Morgan fingerprint density at radius 3 is 2.46 bits per heavy atom. The predicted octanol–water partition coefficient (Wildman–Crippen LogP) is 2.99. The van der Waals surface area contributed by atoms with E-state index in [1.54, 1.807) is 4.90 Å². The first-order valence-corrected chi connectivity index (χ1v) is 9.16. The molecule has 1 unspecified atom stereocenters. The van der Waals surface area contributed by atoms with Crippen LogP contribution in [0.25, 0.3) is 0 Å². The van der Waals surface area contributed by atoms with Crippen LogP contribution < -0.4 is 16.4 Å². The molecule has 3 amide bonds. The van der Waals surface area contributed by atoms with E-state index in [1.165, 1.54) is 0 Å². The maximum atomic E-state index is 12.7. The summed E-state index contributed by atoms with van der Waals surface area (Å²) in [7, 11) is 0. The van der Waals surface area contributed by atoms with Crippen LogP contribution in [0, 0.1) is 5.92 Å². The average molecular weight is 383 g/mol. The predicted molar refractivity (Wildman–Crippen MR) is 108 cm³/mol. The molecule has 1 aromatic rings. The summed E-state index contributed by atoms with van der Waals surface area (Å²) in [5.41, 5.74) is 6.30. The van der Waals surface area contributed by atoms with Crippen LogP contribution in [0.5, 0.6) is 0 Å². The largest absolute Gasteiger partial charge is 0.349 e. The molecule has 1 atom stereocenters. The molecule has 0 bridgehead atoms. The van der Waals surface area contributed by atoms with E-state index in [4.69, 9.17) is 5.73 Å². The molecule has 1 fully saturated rings. The third-order valence-corrected chi connectivity index (χ3v) is 5.24. The number of rotatable bonds is 6. The Balaban J connectivity index is 0.00000338. The Kier molecular flexibility index (Phi) is 8.88. The zero-order chi connectivity index (χ0) is 18.3. The molecule has 0 aromatic heterocycles. The van der Waals surface area contributed by atoms with E-state index < -0.39 is 0 Å². The van der Waals surface area contributed by atoms with Gasteiger partial charge in [-0.15, -0.1) is 12.4 Å². The van der Waals surface area contributed by atoms with E-state index in [9.17, 15) is 9.59 Å². The number of nitrogens with one attached hydrogen (secondary N) is 2. The van der Waals surface area contributed by atoms with Crippen molar-refractivity contribution in [1.82, 2.24) is 10.2 Å². The van der Waals surface area contributed by atoms with Crippen LogP contribution >= 0.6 is 12.4 Å². The first kappa shape index (κ1) is 22.3. The zero-order valence-electron chi connectivity index (χ0n) is 15.7. The van der Waals surface area contributed by atoms with E-state index in [-0.39, 0.29) is 35.8 Å². The highest BCUT2D eigenvalue weighted by atomic mass is 35.5. The van der Waals surface area contributed by atoms with Gasteiger partial charge >= 0.3 is 6.03 Å². The van der Waals surface area contributed by atoms with Crippen molar-refractivity contribution >= 4 is 30.0 Å². The number of nitrogens with two attached hydrogens (primary N) is 1. The highest BCUT2D eigenvalue weighted by Crippen LogP contribution is 2.21. The van der Waals surface area contributed by atoms with E-state index in [2.05, 4.69) is 10.6 Å². The highest BCUT2D eigenvalue weighted by Gasteiger charge is 2.33. The van der Waals surface area contributed by atoms with Gasteiger partial charge in [0, 0.05) is 25.3 Å². The van der Waals surface area contributed by atoms with Gasteiger partial charge in [-0.1, -0.05) is 32.0 Å². The number of hydrogen-bond donors (Lipinski definition) is 3. The molecule has 26 heavy (non-hydrogen) atoms. The molecule has 0 aliphatic carbocycles. The van der Waals surface area contributed by atoms with Gasteiger partial charge < -0.3 is 21.3 Å². The van der Waals surface area contributed by atoms with Crippen LogP contribution in [-0.4, -0.2) is 42.0 Å². The molecular formula is C19H31ClN4O2. The van der Waals surface area contributed by atoms with Gasteiger partial charge in [0.1, 0.15) is 0 Å². The van der Waals surface area contributed by atoms with Crippen molar-refractivity contribution in [2.24, 2.45) is 11.7 Å². The van der Waals surface area contributed by atoms with Crippen LogP contribution in [0.4, 0.5) is 10.5 Å². The number of anilines is 1. The molecule has 1 saturated heterocycles. The molecule has 1 heterocycles. The molecular weight excluding hydrogens is 352 g/mol. The summed E-state index contributed by atoms with van der Waals surface area (Å²) in [6.07, 6.45) is 3.23. The van der Waals surface area contributed by atoms with Gasteiger partial charge in [0.2, 0.25) is 5.91 Å². The van der Waals surface area contributed by atoms with Gasteiger partial charge in [-0.05, 0) is 37.8 Å². The first-order valence-electron chi connectivity index (χ1n) is 9.16. The van der Waals surface area contributed by atoms with E-state index in [1.807, 2.05) is 44.2 Å². The second-order valence-electron chi connectivity index (χ2n) is 6.76. The average Bonchev–Trinajstić information content (AvgIpc) is 2.67. The molecule has 4 N–H and O–H groups in total. The molecule has 0 spiro atoms. The molecule has 7 heteroatoms. The van der Waals surface area contributed by atoms with Crippen LogP contribution in [0.3, 0.4) is 0 Å². The van der Waals surface area contributed by atoms with Crippen molar-refractivity contribution in [1.29, 1.82) is 0 Å². The van der Waals surface area contributed by atoms with Crippen molar-refractivity contribution in [3.8, 4) is 0 Å². The number of piperidine rings is 1. The van der Waals surface area contributed by atoms with Gasteiger partial charge in [-0.25, -0.2) is 4.79 Å². The van der Waals surface area contributed by atoms with Crippen molar-refractivity contribution in [2.45, 2.75) is 45.1 Å². The lowest BCUT2D eigenvalue weighted by molar-refractivity contribution is -0.128. The number of benzene rings is 1. The molecule has 0 saturated carbocycles. The van der Waals surface area contributed by atoms with Crippen LogP contribution in [-0.2, 0) is 4.79 Å². The number of carbonyl (C=O) groups is 2. The van der Waals surface area contributed by atoms with Crippen LogP contribution in [0.1, 0.15) is 39.5 Å². The maximum absolute atomic E-state index is 12.7. The number of likely N-dealkylation sites (tertiary alicyclic amines) is 1. The number of nitrogens with zero attached hydrogens (tertiary/aromatic N) is 1. The van der Waals surface area contributed by atoms with Crippen LogP contribution in [0.2, 0.25) is 0 Å². The second kappa shape index (κ2) is 10.4. The summed E-state index contributed by atoms with van der Waals surface area (Å²) < 4.78 is 0. The molecule has 146 valence electrons. The first-order chi connectivity index (χ1) is 12.0. The third-order valence-electron chi connectivity index (χ3n) is 5.24. The van der Waals surface area contributed by atoms with E-state index in [0.29, 0.717) is 19.6 Å². The highest BCUT2D eigenvalue weighted by molar-refractivity contribution is 5.90. The third kappa shape index (κ3) is 5.61. The quantitative estimate of drug-likeness (QED) is 0.706. The minimum Gasteiger partial charge on any atom is -0.349 e. The summed E-state index contributed by atoms with van der Waals surface area (Å²) in [6, 6.07) is 9.21. The molecule has 1 aliphatic rings. The van der Waals surface area contributed by atoms with Gasteiger partial charge in [0.15, 0.2) is 0 Å². The van der Waals surface area contributed by atoms with Crippen molar-refractivity contribution in [3.05, 3.63) is 30.3 Å². The lowest BCUT2D eigenvalue weighted by Gasteiger charge is -2.36. The SMILES string of the molecule is CCC(CC)(CN)NC(=O)C1CCCN(C(=O)Nc2ccccc2)C1.Cl. The molecule has 6 nitrogen and oxygen atoms in total. The summed E-state index contributed by atoms with van der Waals surface area (Å²) >= 11 is 0. The standard InChI is InChI=1S/C19H30N4O2.ClH/c1-3-19(4-2,14-20)22-17(24)15-9-8-12-23(13-15)18(25)21-16-10-6-5-7-11-16;/h5-7,10-11,15H,3-4,8-9,12-14,20H2,1-2H3,(H,21,25)(H,22,24);1H. The molecule has 1 aromatic carbocycles. The number of amides is 3. The second-order valence-corrected chi connectivity index (χ2v) is 6.76. The Hall–Kier alpha value is -1.79. The van der Waals surface area contributed by atoms with Crippen LogP contribution in [0.15, 0.2) is 30.3 Å². The lowest BCUT2D eigenvalue weighted by Crippen LogP contribution is -2.56. The Labute approximate surface area is 162 Å². The van der Waals surface area contributed by atoms with E-state index in [0.717, 1.165) is 31.4 Å². The van der Waals surface area contributed by atoms with Gasteiger partial charge in [0.05, 0.1) is 11.5 Å². The van der Waals surface area contributed by atoms with Gasteiger partial charge in [-0.3, -0.25) is 4.79 Å². The normalized spacial score (nSPS) is 17.2. The van der Waals surface area contributed by atoms with Crippen molar-refractivity contribution in [2.75, 3.05) is 25.0 Å². The molecule has 1 aliphatic heterocycles. The lowest BCUT2D eigenvalue weighted by atomic mass is 9.90. The fraction of sp³-hybridized carbons (Fsp3) is 0.579. The number of carbonyl (C=O) groups excluding carboxylic acids is 2. The zero-order valence-corrected chi connectivity index (χ0v) is 16.5. The Morgan fingerprint density at radius 2 is 1.88 bits per heavy atom. The number of urea groups is 1. The van der Waals surface area contributed by atoms with E-state index >= 15 is 0 Å². The Bertz CT molecular complexity index is 570. The molecule has 0 radical (unpaired) electrons. The monoisotopic (exact) mass is 382 g/mol. The smallest absolute Gasteiger partial charge is 0.321 e. The summed E-state index contributed by atoms with van der Waals surface area (Å²) in [6.45, 7) is 5.62. The Morgan fingerprint density at radius 1 is 1.23 bits per heavy atom. The maximum Gasteiger partial charge on any atom is 0.321 e. The van der Waals surface area contributed by atoms with Crippen molar-refractivity contribution in [3.63, 3.8) is 0 Å². The summed E-state index contributed by atoms with van der Waals surface area (Å²) in [5.74, 6) is -0.175. The number of para-hydroxylation sites is 1. The number of hydrogen-bond acceptors (Lipinski definition) is 3. The minimum atomic E-state index is -0.342. The van der Waals surface area contributed by atoms with Crippen molar-refractivity contribution < 1.29 is 9.59 Å². The molecule has 2 rings (SSSR count). The fourth-order valence-electron chi connectivity index (χ4n) is 3.23. The van der Waals surface area contributed by atoms with Gasteiger partial charge in [0.25, 0.3) is 0 Å². The summed E-state index contributed by atoms with van der Waals surface area (Å²) in [5, 5.41) is 6.02.